The summed E-state index contributed by atoms with van der Waals surface area (Å²) in [5, 5.41) is 7.76. The molecule has 0 saturated carbocycles. The van der Waals surface area contributed by atoms with Crippen LogP contribution in [0.15, 0.2) is 53.6 Å². The number of hydrogen-bond acceptors (Lipinski definition) is 4. The highest BCUT2D eigenvalue weighted by Crippen LogP contribution is 2.24. The van der Waals surface area contributed by atoms with E-state index >= 15 is 0 Å². The highest BCUT2D eigenvalue weighted by Gasteiger charge is 2.24. The summed E-state index contributed by atoms with van der Waals surface area (Å²) in [6, 6.07) is 11.3. The molecule has 3 aromatic rings. The number of nitrogens with zero attached hydrogens (tertiary/aromatic N) is 1. The predicted molar refractivity (Wildman–Crippen MR) is 135 cm³/mol. The third kappa shape index (κ3) is 5.65. The van der Waals surface area contributed by atoms with Gasteiger partial charge in [-0.3, -0.25) is 14.4 Å². The van der Waals surface area contributed by atoms with E-state index in [2.05, 4.69) is 10.6 Å². The molecule has 0 radical (unpaired) electrons. The SMILES string of the molecule is COc1ccc2cc([C@@H](C)NC(=O)c3cn(C(C)C)cc(C(=O)NC(C)(C)C)c3=O)ccc2c1. The smallest absolute Gasteiger partial charge is 0.257 e. The van der Waals surface area contributed by atoms with Crippen LogP contribution in [0.1, 0.15) is 79.9 Å². The summed E-state index contributed by atoms with van der Waals surface area (Å²) in [4.78, 5) is 39.1. The highest BCUT2D eigenvalue weighted by molar-refractivity contribution is 5.99. The van der Waals surface area contributed by atoms with E-state index in [4.69, 9.17) is 4.74 Å². The summed E-state index contributed by atoms with van der Waals surface area (Å²) in [6.45, 7) is 11.2. The molecule has 7 heteroatoms. The molecule has 1 aromatic heterocycles. The van der Waals surface area contributed by atoms with Crippen LogP contribution in [0.2, 0.25) is 0 Å². The van der Waals surface area contributed by atoms with Gasteiger partial charge in [-0.15, -0.1) is 0 Å². The Morgan fingerprint density at radius 3 is 2.09 bits per heavy atom. The average molecular weight is 464 g/mol. The summed E-state index contributed by atoms with van der Waals surface area (Å²) < 4.78 is 6.99. The summed E-state index contributed by atoms with van der Waals surface area (Å²) in [7, 11) is 1.63. The van der Waals surface area contributed by atoms with Crippen molar-refractivity contribution in [3.05, 3.63) is 75.7 Å². The van der Waals surface area contributed by atoms with E-state index in [9.17, 15) is 14.4 Å². The fraction of sp³-hybridized carbons (Fsp3) is 0.370. The maximum Gasteiger partial charge on any atom is 0.257 e. The fourth-order valence-corrected chi connectivity index (χ4v) is 3.62. The molecule has 3 rings (SSSR count). The van der Waals surface area contributed by atoms with Gasteiger partial charge in [0.2, 0.25) is 5.43 Å². The van der Waals surface area contributed by atoms with Crippen molar-refractivity contribution >= 4 is 22.6 Å². The van der Waals surface area contributed by atoms with E-state index in [1.807, 2.05) is 77.9 Å². The molecule has 34 heavy (non-hydrogen) atoms. The van der Waals surface area contributed by atoms with Crippen molar-refractivity contribution in [2.24, 2.45) is 0 Å². The van der Waals surface area contributed by atoms with Crippen LogP contribution in [0.4, 0.5) is 0 Å². The molecule has 0 aliphatic carbocycles. The molecule has 7 nitrogen and oxygen atoms in total. The number of amides is 2. The Kier molecular flexibility index (Phi) is 7.15. The maximum absolute atomic E-state index is 13.2. The minimum absolute atomic E-state index is 0.0387. The van der Waals surface area contributed by atoms with Gasteiger partial charge in [-0.05, 0) is 76.1 Å². The summed E-state index contributed by atoms with van der Waals surface area (Å²) in [5.41, 5.74) is -0.319. The Labute approximate surface area is 200 Å². The van der Waals surface area contributed by atoms with Gasteiger partial charge >= 0.3 is 0 Å². The van der Waals surface area contributed by atoms with Crippen molar-refractivity contribution in [2.75, 3.05) is 7.11 Å². The molecule has 2 amide bonds. The Balaban J connectivity index is 1.92. The zero-order valence-corrected chi connectivity index (χ0v) is 20.9. The van der Waals surface area contributed by atoms with Crippen molar-refractivity contribution in [3.63, 3.8) is 0 Å². The van der Waals surface area contributed by atoms with Gasteiger partial charge in [-0.2, -0.15) is 0 Å². The van der Waals surface area contributed by atoms with E-state index in [-0.39, 0.29) is 23.2 Å². The van der Waals surface area contributed by atoms with Crippen LogP contribution < -0.4 is 20.8 Å². The average Bonchev–Trinajstić information content (AvgIpc) is 2.76. The number of aromatic nitrogens is 1. The minimum Gasteiger partial charge on any atom is -0.497 e. The lowest BCUT2D eigenvalue weighted by atomic mass is 10.0. The molecule has 2 aromatic carbocycles. The second-order valence-electron chi connectivity index (χ2n) is 9.83. The molecule has 0 aliphatic heterocycles. The first-order chi connectivity index (χ1) is 15.9. The third-order valence-electron chi connectivity index (χ3n) is 5.54. The zero-order valence-electron chi connectivity index (χ0n) is 20.9. The lowest BCUT2D eigenvalue weighted by Gasteiger charge is -2.22. The molecule has 0 aliphatic rings. The Morgan fingerprint density at radius 1 is 0.912 bits per heavy atom. The van der Waals surface area contributed by atoms with E-state index in [1.165, 1.54) is 12.4 Å². The van der Waals surface area contributed by atoms with Gasteiger partial charge < -0.3 is 19.9 Å². The van der Waals surface area contributed by atoms with E-state index < -0.39 is 22.8 Å². The monoisotopic (exact) mass is 463 g/mol. The molecule has 0 saturated heterocycles. The molecule has 0 spiro atoms. The fourth-order valence-electron chi connectivity index (χ4n) is 3.62. The third-order valence-corrected chi connectivity index (χ3v) is 5.54. The molecule has 2 N–H and O–H groups in total. The Hall–Kier alpha value is -3.61. The van der Waals surface area contributed by atoms with Crippen molar-refractivity contribution in [1.82, 2.24) is 15.2 Å². The molecular formula is C27H33N3O4. The van der Waals surface area contributed by atoms with Gasteiger partial charge in [0.25, 0.3) is 11.8 Å². The first-order valence-corrected chi connectivity index (χ1v) is 11.4. The molecular weight excluding hydrogens is 430 g/mol. The normalized spacial score (nSPS) is 12.5. The van der Waals surface area contributed by atoms with Crippen LogP contribution in [-0.4, -0.2) is 29.0 Å². The Bertz CT molecular complexity index is 1290. The van der Waals surface area contributed by atoms with Crippen LogP contribution >= 0.6 is 0 Å². The van der Waals surface area contributed by atoms with Crippen LogP contribution in [0.5, 0.6) is 5.75 Å². The van der Waals surface area contributed by atoms with Crippen LogP contribution in [-0.2, 0) is 0 Å². The summed E-state index contributed by atoms with van der Waals surface area (Å²) in [6.07, 6.45) is 3.02. The number of ether oxygens (including phenoxy) is 1. The van der Waals surface area contributed by atoms with E-state index in [1.54, 1.807) is 11.7 Å². The molecule has 0 bridgehead atoms. The van der Waals surface area contributed by atoms with Crippen LogP contribution in [0, 0.1) is 0 Å². The van der Waals surface area contributed by atoms with E-state index in [0.29, 0.717) is 0 Å². The van der Waals surface area contributed by atoms with Crippen LogP contribution in [0.25, 0.3) is 10.8 Å². The molecule has 1 atom stereocenters. The number of methoxy groups -OCH3 is 1. The number of fused-ring (bicyclic) bond motifs is 1. The zero-order chi connectivity index (χ0) is 25.2. The van der Waals surface area contributed by atoms with Gasteiger partial charge in [-0.1, -0.05) is 18.2 Å². The second kappa shape index (κ2) is 9.71. The quantitative estimate of drug-likeness (QED) is 0.559. The highest BCUT2D eigenvalue weighted by atomic mass is 16.5. The van der Waals surface area contributed by atoms with Crippen molar-refractivity contribution in [2.45, 2.75) is 59.2 Å². The van der Waals surface area contributed by atoms with Gasteiger partial charge in [0.05, 0.1) is 13.2 Å². The number of pyridine rings is 1. The molecule has 180 valence electrons. The van der Waals surface area contributed by atoms with Gasteiger partial charge in [0.15, 0.2) is 0 Å². The number of hydrogen-bond donors (Lipinski definition) is 2. The van der Waals surface area contributed by atoms with Crippen LogP contribution in [0.3, 0.4) is 0 Å². The van der Waals surface area contributed by atoms with Crippen molar-refractivity contribution < 1.29 is 14.3 Å². The number of rotatable bonds is 6. The van der Waals surface area contributed by atoms with Crippen molar-refractivity contribution in [3.8, 4) is 5.75 Å². The number of carbonyl (C=O) groups excluding carboxylic acids is 2. The topological polar surface area (TPSA) is 89.4 Å². The maximum atomic E-state index is 13.2. The number of carbonyl (C=O) groups is 2. The van der Waals surface area contributed by atoms with Gasteiger partial charge in [-0.25, -0.2) is 0 Å². The van der Waals surface area contributed by atoms with E-state index in [0.717, 1.165) is 22.1 Å². The summed E-state index contributed by atoms with van der Waals surface area (Å²) in [5.74, 6) is -0.245. The molecule has 0 unspecified atom stereocenters. The lowest BCUT2D eigenvalue weighted by molar-refractivity contribution is 0.0917. The Morgan fingerprint density at radius 2 is 1.50 bits per heavy atom. The lowest BCUT2D eigenvalue weighted by Crippen LogP contribution is -2.43. The number of benzene rings is 2. The first-order valence-electron chi connectivity index (χ1n) is 11.4. The number of nitrogens with one attached hydrogen (secondary N) is 2. The van der Waals surface area contributed by atoms with Gasteiger partial charge in [0.1, 0.15) is 16.9 Å². The summed E-state index contributed by atoms with van der Waals surface area (Å²) >= 11 is 0. The standard InChI is InChI=1S/C27H33N3O4/c1-16(2)30-14-22(24(31)23(15-30)26(33)29-27(4,5)6)25(32)28-17(3)18-8-9-20-13-21(34-7)11-10-19(20)12-18/h8-17H,1-7H3,(H,28,32)(H,29,33)/t17-/m1/s1. The minimum atomic E-state index is -0.589. The predicted octanol–water partition coefficient (Wildman–Crippen LogP) is 4.61. The largest absolute Gasteiger partial charge is 0.497 e. The second-order valence-corrected chi connectivity index (χ2v) is 9.83. The molecule has 1 heterocycles. The molecule has 0 fully saturated rings. The van der Waals surface area contributed by atoms with Crippen molar-refractivity contribution in [1.29, 1.82) is 0 Å². The van der Waals surface area contributed by atoms with Gasteiger partial charge in [0, 0.05) is 24.0 Å². The first kappa shape index (κ1) is 25.0.